The van der Waals surface area contributed by atoms with Gasteiger partial charge in [-0.3, -0.25) is 4.98 Å². The molecule has 1 aromatic heterocycles. The zero-order valence-electron chi connectivity index (χ0n) is 9.25. The average Bonchev–Trinajstić information content (AvgIpc) is 2.18. The summed E-state index contributed by atoms with van der Waals surface area (Å²) in [6, 6.07) is 2.12. The highest BCUT2D eigenvalue weighted by atomic mass is 15.1. The lowest BCUT2D eigenvalue weighted by Crippen LogP contribution is -2.22. The number of pyridine rings is 1. The standard InChI is InChI=1S/C11H19N3/c1-9-8-13-10(2)7-11(9)14(3)6-4-5-12/h7-8H,4-6,12H2,1-3H3. The fourth-order valence-electron chi connectivity index (χ4n) is 1.47. The lowest BCUT2D eigenvalue weighted by atomic mass is 10.2. The summed E-state index contributed by atoms with van der Waals surface area (Å²) in [6.45, 7) is 5.84. The molecule has 0 fully saturated rings. The maximum absolute atomic E-state index is 5.48. The molecule has 1 heterocycles. The molecule has 0 aliphatic heterocycles. The van der Waals surface area contributed by atoms with Crippen LogP contribution in [0.2, 0.25) is 0 Å². The van der Waals surface area contributed by atoms with Gasteiger partial charge in [0.15, 0.2) is 0 Å². The van der Waals surface area contributed by atoms with Gasteiger partial charge in [-0.15, -0.1) is 0 Å². The molecule has 1 aromatic rings. The highest BCUT2D eigenvalue weighted by Crippen LogP contribution is 2.18. The van der Waals surface area contributed by atoms with Crippen molar-refractivity contribution in [3.8, 4) is 0 Å². The number of aryl methyl sites for hydroxylation is 2. The summed E-state index contributed by atoms with van der Waals surface area (Å²) in [7, 11) is 2.09. The van der Waals surface area contributed by atoms with E-state index in [9.17, 15) is 0 Å². The molecule has 14 heavy (non-hydrogen) atoms. The zero-order chi connectivity index (χ0) is 10.6. The van der Waals surface area contributed by atoms with Crippen LogP contribution < -0.4 is 10.6 Å². The van der Waals surface area contributed by atoms with E-state index in [-0.39, 0.29) is 0 Å². The Kier molecular flexibility index (Phi) is 3.89. The van der Waals surface area contributed by atoms with E-state index in [1.165, 1.54) is 11.3 Å². The summed E-state index contributed by atoms with van der Waals surface area (Å²) in [4.78, 5) is 6.48. The quantitative estimate of drug-likeness (QED) is 0.787. The molecule has 3 heteroatoms. The molecule has 0 aliphatic carbocycles. The van der Waals surface area contributed by atoms with E-state index in [1.807, 2.05) is 13.1 Å². The predicted octanol–water partition coefficient (Wildman–Crippen LogP) is 1.48. The van der Waals surface area contributed by atoms with Crippen LogP contribution >= 0.6 is 0 Å². The summed E-state index contributed by atoms with van der Waals surface area (Å²) >= 11 is 0. The van der Waals surface area contributed by atoms with Gasteiger partial charge in [-0.1, -0.05) is 0 Å². The molecule has 0 atom stereocenters. The molecule has 0 amide bonds. The Bertz CT molecular complexity index is 297. The van der Waals surface area contributed by atoms with Gasteiger partial charge in [0, 0.05) is 31.2 Å². The van der Waals surface area contributed by atoms with E-state index in [4.69, 9.17) is 5.73 Å². The lowest BCUT2D eigenvalue weighted by molar-refractivity contribution is 0.792. The molecular weight excluding hydrogens is 174 g/mol. The first kappa shape index (κ1) is 11.0. The lowest BCUT2D eigenvalue weighted by Gasteiger charge is -2.21. The minimum atomic E-state index is 0.744. The SMILES string of the molecule is Cc1cc(N(C)CCCN)c(C)cn1. The van der Waals surface area contributed by atoms with Crippen LogP contribution in [0.5, 0.6) is 0 Å². The maximum atomic E-state index is 5.48. The van der Waals surface area contributed by atoms with Crippen LogP contribution in [-0.2, 0) is 0 Å². The van der Waals surface area contributed by atoms with Crippen LogP contribution in [-0.4, -0.2) is 25.1 Å². The van der Waals surface area contributed by atoms with E-state index in [2.05, 4.69) is 29.9 Å². The summed E-state index contributed by atoms with van der Waals surface area (Å²) in [5.74, 6) is 0. The predicted molar refractivity (Wildman–Crippen MR) is 60.7 cm³/mol. The van der Waals surface area contributed by atoms with Gasteiger partial charge in [-0.2, -0.15) is 0 Å². The molecule has 0 radical (unpaired) electrons. The van der Waals surface area contributed by atoms with Crippen molar-refractivity contribution in [1.29, 1.82) is 0 Å². The number of hydrogen-bond donors (Lipinski definition) is 1. The third kappa shape index (κ3) is 2.70. The van der Waals surface area contributed by atoms with Crippen LogP contribution in [0, 0.1) is 13.8 Å². The van der Waals surface area contributed by atoms with Gasteiger partial charge in [-0.05, 0) is 38.4 Å². The Balaban J connectivity index is 2.77. The van der Waals surface area contributed by atoms with E-state index >= 15 is 0 Å². The molecule has 0 aromatic carbocycles. The summed E-state index contributed by atoms with van der Waals surface area (Å²) < 4.78 is 0. The zero-order valence-corrected chi connectivity index (χ0v) is 9.25. The second-order valence-corrected chi connectivity index (χ2v) is 3.68. The first-order valence-electron chi connectivity index (χ1n) is 4.99. The third-order valence-corrected chi connectivity index (χ3v) is 2.32. The molecule has 3 nitrogen and oxygen atoms in total. The molecule has 1 rings (SSSR count). The molecule has 0 bridgehead atoms. The van der Waals surface area contributed by atoms with E-state index in [0.29, 0.717) is 0 Å². The van der Waals surface area contributed by atoms with Crippen molar-refractivity contribution < 1.29 is 0 Å². The number of nitrogens with zero attached hydrogens (tertiary/aromatic N) is 2. The first-order chi connectivity index (χ1) is 6.65. The van der Waals surface area contributed by atoms with Crippen molar-refractivity contribution in [1.82, 2.24) is 4.98 Å². The Morgan fingerprint density at radius 3 is 2.79 bits per heavy atom. The Hall–Kier alpha value is -1.09. The van der Waals surface area contributed by atoms with Crippen LogP contribution in [0.1, 0.15) is 17.7 Å². The summed E-state index contributed by atoms with van der Waals surface area (Å²) in [5.41, 5.74) is 9.02. The molecule has 78 valence electrons. The van der Waals surface area contributed by atoms with Crippen molar-refractivity contribution >= 4 is 5.69 Å². The molecular formula is C11H19N3. The van der Waals surface area contributed by atoms with E-state index in [0.717, 1.165) is 25.2 Å². The number of anilines is 1. The minimum Gasteiger partial charge on any atom is -0.374 e. The van der Waals surface area contributed by atoms with Gasteiger partial charge < -0.3 is 10.6 Å². The second-order valence-electron chi connectivity index (χ2n) is 3.68. The van der Waals surface area contributed by atoms with Gasteiger partial charge in [-0.25, -0.2) is 0 Å². The fourth-order valence-corrected chi connectivity index (χ4v) is 1.47. The Labute approximate surface area is 85.9 Å². The van der Waals surface area contributed by atoms with Gasteiger partial charge in [0.1, 0.15) is 0 Å². The maximum Gasteiger partial charge on any atom is 0.0426 e. The highest BCUT2D eigenvalue weighted by Gasteiger charge is 2.04. The molecule has 0 spiro atoms. The van der Waals surface area contributed by atoms with Crippen molar-refractivity contribution in [3.63, 3.8) is 0 Å². The Morgan fingerprint density at radius 1 is 1.43 bits per heavy atom. The monoisotopic (exact) mass is 193 g/mol. The van der Waals surface area contributed by atoms with Crippen LogP contribution in [0.25, 0.3) is 0 Å². The minimum absolute atomic E-state index is 0.744. The number of rotatable bonds is 4. The molecule has 0 saturated heterocycles. The van der Waals surface area contributed by atoms with Gasteiger partial charge >= 0.3 is 0 Å². The normalized spacial score (nSPS) is 10.3. The van der Waals surface area contributed by atoms with Gasteiger partial charge in [0.05, 0.1) is 0 Å². The Morgan fingerprint density at radius 2 is 2.14 bits per heavy atom. The van der Waals surface area contributed by atoms with Crippen molar-refractivity contribution in [2.75, 3.05) is 25.0 Å². The average molecular weight is 193 g/mol. The first-order valence-corrected chi connectivity index (χ1v) is 4.99. The third-order valence-electron chi connectivity index (χ3n) is 2.32. The van der Waals surface area contributed by atoms with E-state index in [1.54, 1.807) is 0 Å². The molecule has 0 saturated carbocycles. The largest absolute Gasteiger partial charge is 0.374 e. The van der Waals surface area contributed by atoms with Crippen molar-refractivity contribution in [2.45, 2.75) is 20.3 Å². The molecule has 0 aliphatic rings. The number of nitrogens with two attached hydrogens (primary N) is 1. The smallest absolute Gasteiger partial charge is 0.0426 e. The van der Waals surface area contributed by atoms with Gasteiger partial charge in [0.25, 0.3) is 0 Å². The van der Waals surface area contributed by atoms with Crippen LogP contribution in [0.4, 0.5) is 5.69 Å². The van der Waals surface area contributed by atoms with Crippen LogP contribution in [0.3, 0.4) is 0 Å². The van der Waals surface area contributed by atoms with E-state index < -0.39 is 0 Å². The second kappa shape index (κ2) is 4.96. The molecule has 2 N–H and O–H groups in total. The summed E-state index contributed by atoms with van der Waals surface area (Å²) in [6.07, 6.45) is 2.95. The summed E-state index contributed by atoms with van der Waals surface area (Å²) in [5, 5.41) is 0. The van der Waals surface area contributed by atoms with Crippen molar-refractivity contribution in [2.24, 2.45) is 5.73 Å². The van der Waals surface area contributed by atoms with Gasteiger partial charge in [0.2, 0.25) is 0 Å². The van der Waals surface area contributed by atoms with Crippen LogP contribution in [0.15, 0.2) is 12.3 Å². The number of hydrogen-bond acceptors (Lipinski definition) is 3. The number of aromatic nitrogens is 1. The molecule has 0 unspecified atom stereocenters. The topological polar surface area (TPSA) is 42.1 Å². The fraction of sp³-hybridized carbons (Fsp3) is 0.545. The van der Waals surface area contributed by atoms with Crippen molar-refractivity contribution in [3.05, 3.63) is 23.5 Å². The highest BCUT2D eigenvalue weighted by molar-refractivity contribution is 5.52.